The van der Waals surface area contributed by atoms with Crippen molar-refractivity contribution in [1.29, 1.82) is 0 Å². The minimum absolute atomic E-state index is 0.144. The van der Waals surface area contributed by atoms with Gasteiger partial charge in [-0.15, -0.1) is 0 Å². The summed E-state index contributed by atoms with van der Waals surface area (Å²) < 4.78 is 16.4. The van der Waals surface area contributed by atoms with E-state index in [1.807, 2.05) is 30.3 Å². The lowest BCUT2D eigenvalue weighted by atomic mass is 9.75. The van der Waals surface area contributed by atoms with Gasteiger partial charge in [-0.05, 0) is 46.1 Å². The Kier molecular flexibility index (Phi) is 6.77. The van der Waals surface area contributed by atoms with Gasteiger partial charge in [-0.3, -0.25) is 4.79 Å². The van der Waals surface area contributed by atoms with E-state index in [4.69, 9.17) is 14.2 Å². The minimum Gasteiger partial charge on any atom is -0.465 e. The number of ether oxygens (including phenoxy) is 3. The summed E-state index contributed by atoms with van der Waals surface area (Å²) in [5, 5.41) is 0. The third-order valence-electron chi connectivity index (χ3n) is 5.68. The van der Waals surface area contributed by atoms with Crippen LogP contribution < -0.4 is 0 Å². The van der Waals surface area contributed by atoms with E-state index in [1.165, 1.54) is 4.90 Å². The Morgan fingerprint density at radius 3 is 2.45 bits per heavy atom. The highest BCUT2D eigenvalue weighted by molar-refractivity contribution is 5.82. The Hall–Kier alpha value is -2.77. The third-order valence-corrected chi connectivity index (χ3v) is 5.68. The fourth-order valence-electron chi connectivity index (χ4n) is 4.32. The Balaban J connectivity index is 1.79. The van der Waals surface area contributed by atoms with Crippen molar-refractivity contribution in [3.8, 4) is 0 Å². The first-order chi connectivity index (χ1) is 14.7. The maximum absolute atomic E-state index is 13.0. The van der Waals surface area contributed by atoms with Gasteiger partial charge in [-0.25, -0.2) is 9.59 Å². The van der Waals surface area contributed by atoms with E-state index in [1.54, 1.807) is 32.6 Å². The number of carbonyl (C=O) groups excluding carboxylic acids is 3. The summed E-state index contributed by atoms with van der Waals surface area (Å²) in [7, 11) is 0. The van der Waals surface area contributed by atoms with Crippen LogP contribution in [0.4, 0.5) is 9.59 Å². The molecule has 2 aliphatic rings. The van der Waals surface area contributed by atoms with Gasteiger partial charge in [0.05, 0.1) is 12.6 Å². The lowest BCUT2D eigenvalue weighted by Gasteiger charge is -2.42. The Labute approximate surface area is 183 Å². The van der Waals surface area contributed by atoms with E-state index >= 15 is 0 Å². The average Bonchev–Trinajstić information content (AvgIpc) is 3.13. The van der Waals surface area contributed by atoms with Gasteiger partial charge in [-0.2, -0.15) is 0 Å². The maximum atomic E-state index is 13.0. The van der Waals surface area contributed by atoms with E-state index in [-0.39, 0.29) is 32.3 Å². The summed E-state index contributed by atoms with van der Waals surface area (Å²) in [5.41, 5.74) is -0.751. The quantitative estimate of drug-likeness (QED) is 0.534. The van der Waals surface area contributed by atoms with Crippen LogP contribution in [0.2, 0.25) is 0 Å². The molecule has 2 fully saturated rings. The number of hydrogen-bond acceptors (Lipinski definition) is 6. The molecule has 8 heteroatoms. The summed E-state index contributed by atoms with van der Waals surface area (Å²) >= 11 is 0. The van der Waals surface area contributed by atoms with Crippen molar-refractivity contribution in [2.45, 2.75) is 58.8 Å². The molecule has 1 aromatic carbocycles. The smallest absolute Gasteiger partial charge is 0.410 e. The largest absolute Gasteiger partial charge is 0.465 e. The molecular weight excluding hydrogens is 400 g/mol. The molecule has 0 radical (unpaired) electrons. The summed E-state index contributed by atoms with van der Waals surface area (Å²) in [6.45, 7) is 8.33. The molecule has 0 spiro atoms. The fourth-order valence-corrected chi connectivity index (χ4v) is 4.32. The van der Waals surface area contributed by atoms with Gasteiger partial charge in [0.15, 0.2) is 0 Å². The highest BCUT2D eigenvalue weighted by Crippen LogP contribution is 2.43. The van der Waals surface area contributed by atoms with Crippen LogP contribution in [0, 0.1) is 5.41 Å². The molecule has 31 heavy (non-hydrogen) atoms. The molecule has 2 saturated heterocycles. The Morgan fingerprint density at radius 1 is 1.10 bits per heavy atom. The lowest BCUT2D eigenvalue weighted by Crippen LogP contribution is -2.57. The average molecular weight is 433 g/mol. The second-order valence-corrected chi connectivity index (χ2v) is 9.09. The lowest BCUT2D eigenvalue weighted by molar-refractivity contribution is -0.160. The Morgan fingerprint density at radius 2 is 1.81 bits per heavy atom. The number of carbonyl (C=O) groups is 3. The number of benzene rings is 1. The predicted molar refractivity (Wildman–Crippen MR) is 113 cm³/mol. The Bertz CT molecular complexity index is 806. The van der Waals surface area contributed by atoms with E-state index < -0.39 is 29.2 Å². The van der Waals surface area contributed by atoms with Crippen molar-refractivity contribution in [2.24, 2.45) is 5.41 Å². The van der Waals surface area contributed by atoms with Crippen molar-refractivity contribution < 1.29 is 28.6 Å². The molecule has 2 atom stereocenters. The molecule has 8 nitrogen and oxygen atoms in total. The second kappa shape index (κ2) is 9.16. The van der Waals surface area contributed by atoms with Crippen molar-refractivity contribution in [3.63, 3.8) is 0 Å². The minimum atomic E-state index is -0.975. The van der Waals surface area contributed by atoms with Crippen LogP contribution in [0.5, 0.6) is 0 Å². The predicted octanol–water partition coefficient (Wildman–Crippen LogP) is 3.59. The van der Waals surface area contributed by atoms with E-state index in [0.717, 1.165) is 5.56 Å². The number of fused-ring (bicyclic) bond motifs is 1. The van der Waals surface area contributed by atoms with Crippen molar-refractivity contribution >= 4 is 18.2 Å². The SMILES string of the molecule is CCOC(=O)[C@]12CCCN(C(=O)OCc3ccccc3)[C@H]1CN(C(=O)OC(C)(C)C)C2. The van der Waals surface area contributed by atoms with Crippen LogP contribution in [-0.2, 0) is 25.6 Å². The first-order valence-corrected chi connectivity index (χ1v) is 10.8. The normalized spacial score (nSPS) is 23.2. The summed E-state index contributed by atoms with van der Waals surface area (Å²) in [6, 6.07) is 8.90. The monoisotopic (exact) mass is 432 g/mol. The molecule has 0 bridgehead atoms. The van der Waals surface area contributed by atoms with Gasteiger partial charge in [0.2, 0.25) is 0 Å². The highest BCUT2D eigenvalue weighted by Gasteiger charge is 2.59. The molecule has 2 heterocycles. The molecule has 2 amide bonds. The van der Waals surface area contributed by atoms with E-state index in [0.29, 0.717) is 19.4 Å². The number of piperidine rings is 1. The van der Waals surface area contributed by atoms with Crippen molar-refractivity contribution in [2.75, 3.05) is 26.2 Å². The zero-order valence-corrected chi connectivity index (χ0v) is 18.8. The number of amides is 2. The molecule has 3 rings (SSSR count). The number of nitrogens with zero attached hydrogens (tertiary/aromatic N) is 2. The third kappa shape index (κ3) is 5.11. The van der Waals surface area contributed by atoms with Crippen LogP contribution in [0.15, 0.2) is 30.3 Å². The molecule has 0 aliphatic carbocycles. The molecule has 0 aromatic heterocycles. The van der Waals surface area contributed by atoms with Gasteiger partial charge >= 0.3 is 18.2 Å². The molecule has 0 saturated carbocycles. The highest BCUT2D eigenvalue weighted by atomic mass is 16.6. The number of esters is 1. The summed E-state index contributed by atoms with van der Waals surface area (Å²) in [5.74, 6) is -0.383. The summed E-state index contributed by atoms with van der Waals surface area (Å²) in [6.07, 6.45) is 0.173. The number of hydrogen-bond donors (Lipinski definition) is 0. The molecule has 2 aliphatic heterocycles. The topological polar surface area (TPSA) is 85.4 Å². The first-order valence-electron chi connectivity index (χ1n) is 10.8. The van der Waals surface area contributed by atoms with E-state index in [9.17, 15) is 14.4 Å². The van der Waals surface area contributed by atoms with Gasteiger partial charge in [0.1, 0.15) is 17.6 Å². The zero-order chi connectivity index (χ0) is 22.6. The van der Waals surface area contributed by atoms with Crippen molar-refractivity contribution in [3.05, 3.63) is 35.9 Å². The van der Waals surface area contributed by atoms with E-state index in [2.05, 4.69) is 0 Å². The standard InChI is InChI=1S/C23H32N2O6/c1-5-29-19(26)23-12-9-13-25(21(28)30-15-17-10-7-6-8-11-17)18(23)14-24(16-23)20(27)31-22(2,3)4/h6-8,10-11,18H,5,9,12-16H2,1-4H3/t18-,23-/m0/s1. The number of likely N-dealkylation sites (tertiary alicyclic amines) is 2. The van der Waals surface area contributed by atoms with Crippen LogP contribution in [0.25, 0.3) is 0 Å². The number of rotatable bonds is 4. The molecule has 0 N–H and O–H groups in total. The van der Waals surface area contributed by atoms with Crippen LogP contribution in [-0.4, -0.2) is 65.8 Å². The zero-order valence-electron chi connectivity index (χ0n) is 18.8. The van der Waals surface area contributed by atoms with Gasteiger partial charge < -0.3 is 24.0 Å². The molecular formula is C23H32N2O6. The second-order valence-electron chi connectivity index (χ2n) is 9.09. The first kappa shape index (κ1) is 22.9. The van der Waals surface area contributed by atoms with Gasteiger partial charge in [-0.1, -0.05) is 30.3 Å². The van der Waals surface area contributed by atoms with Crippen LogP contribution in [0.1, 0.15) is 46.1 Å². The molecule has 170 valence electrons. The van der Waals surface area contributed by atoms with Gasteiger partial charge in [0.25, 0.3) is 0 Å². The van der Waals surface area contributed by atoms with Gasteiger partial charge in [0, 0.05) is 19.6 Å². The molecule has 1 aromatic rings. The fraction of sp³-hybridized carbons (Fsp3) is 0.609. The summed E-state index contributed by atoms with van der Waals surface area (Å²) in [4.78, 5) is 41.8. The maximum Gasteiger partial charge on any atom is 0.410 e. The van der Waals surface area contributed by atoms with Crippen molar-refractivity contribution in [1.82, 2.24) is 9.80 Å². The van der Waals surface area contributed by atoms with Crippen LogP contribution in [0.3, 0.4) is 0 Å². The van der Waals surface area contributed by atoms with Crippen LogP contribution >= 0.6 is 0 Å². The molecule has 0 unspecified atom stereocenters.